The molecule has 1 aromatic rings. The van der Waals surface area contributed by atoms with Gasteiger partial charge in [0.1, 0.15) is 0 Å². The Morgan fingerprint density at radius 3 is 2.28 bits per heavy atom. The summed E-state index contributed by atoms with van der Waals surface area (Å²) in [5, 5.41) is 14.7. The number of carbonyl (C=O) groups excluding carboxylic acids is 2. The summed E-state index contributed by atoms with van der Waals surface area (Å²) in [6, 6.07) is 3.31. The van der Waals surface area contributed by atoms with Gasteiger partial charge in [-0.25, -0.2) is 0 Å². The van der Waals surface area contributed by atoms with Gasteiger partial charge in [0.05, 0.1) is 0 Å². The zero-order chi connectivity index (χ0) is 21.4. The van der Waals surface area contributed by atoms with Crippen LogP contribution in [0.25, 0.3) is 6.08 Å². The normalized spacial score (nSPS) is 23.2. The third-order valence-corrected chi connectivity index (χ3v) is 6.13. The van der Waals surface area contributed by atoms with Crippen LogP contribution < -0.4 is 10.6 Å². The number of rotatable bonds is 4. The van der Waals surface area contributed by atoms with E-state index in [1.807, 2.05) is 24.3 Å². The van der Waals surface area contributed by atoms with Crippen LogP contribution in [0, 0.1) is 3.57 Å². The number of carbonyl (C=O) groups is 2. The van der Waals surface area contributed by atoms with Gasteiger partial charge in [-0.05, 0) is 84.9 Å². The Labute approximate surface area is 180 Å². The zero-order valence-corrected chi connectivity index (χ0v) is 17.9. The molecule has 1 atom stereocenters. The first-order chi connectivity index (χ1) is 13.5. The van der Waals surface area contributed by atoms with Crippen molar-refractivity contribution < 1.29 is 27.9 Å². The third kappa shape index (κ3) is 4.76. The maximum absolute atomic E-state index is 12.8. The van der Waals surface area contributed by atoms with Gasteiger partial charge < -0.3 is 15.7 Å². The molecule has 3 N–H and O–H groups in total. The second kappa shape index (κ2) is 8.25. The lowest BCUT2D eigenvalue weighted by atomic mass is 9.90. The SMILES string of the molecule is CC(O)(C(=O)NC1CCC(NC(=O)c2cc(I)cc3c2CC=C3)CC1)C(F)(F)F. The van der Waals surface area contributed by atoms with Crippen molar-refractivity contribution in [3.8, 4) is 0 Å². The number of allylic oxidation sites excluding steroid dienone is 1. The molecule has 0 spiro atoms. The summed E-state index contributed by atoms with van der Waals surface area (Å²) in [6.07, 6.45) is 1.62. The maximum Gasteiger partial charge on any atom is 0.426 e. The van der Waals surface area contributed by atoms with E-state index >= 15 is 0 Å². The number of hydrogen-bond acceptors (Lipinski definition) is 3. The van der Waals surface area contributed by atoms with Gasteiger partial charge in [0.25, 0.3) is 11.8 Å². The number of benzene rings is 1. The quantitative estimate of drug-likeness (QED) is 0.532. The first kappa shape index (κ1) is 22.1. The van der Waals surface area contributed by atoms with Crippen molar-refractivity contribution in [3.05, 3.63) is 38.5 Å². The predicted molar refractivity (Wildman–Crippen MR) is 110 cm³/mol. The molecule has 2 aliphatic rings. The average Bonchev–Trinajstić information content (AvgIpc) is 3.09. The summed E-state index contributed by atoms with van der Waals surface area (Å²) < 4.78 is 39.3. The lowest BCUT2D eigenvalue weighted by molar-refractivity contribution is -0.245. The highest BCUT2D eigenvalue weighted by molar-refractivity contribution is 14.1. The van der Waals surface area contributed by atoms with E-state index in [9.17, 15) is 27.9 Å². The second-order valence-electron chi connectivity index (χ2n) is 7.69. The number of alkyl halides is 3. The summed E-state index contributed by atoms with van der Waals surface area (Å²) in [5.41, 5.74) is -0.728. The lowest BCUT2D eigenvalue weighted by Gasteiger charge is -2.32. The van der Waals surface area contributed by atoms with Gasteiger partial charge in [-0.1, -0.05) is 12.2 Å². The highest BCUT2D eigenvalue weighted by Gasteiger charge is 2.56. The third-order valence-electron chi connectivity index (χ3n) is 5.50. The van der Waals surface area contributed by atoms with E-state index in [-0.39, 0.29) is 11.9 Å². The fraction of sp³-hybridized carbons (Fsp3) is 0.500. The molecule has 29 heavy (non-hydrogen) atoms. The van der Waals surface area contributed by atoms with Crippen LogP contribution in [0.2, 0.25) is 0 Å². The van der Waals surface area contributed by atoms with Crippen LogP contribution in [0.15, 0.2) is 18.2 Å². The van der Waals surface area contributed by atoms with Crippen LogP contribution in [0.5, 0.6) is 0 Å². The first-order valence-electron chi connectivity index (χ1n) is 9.39. The molecule has 0 aromatic heterocycles. The van der Waals surface area contributed by atoms with Crippen LogP contribution in [0.4, 0.5) is 13.2 Å². The Balaban J connectivity index is 1.55. The Kier molecular flexibility index (Phi) is 6.28. The maximum atomic E-state index is 12.8. The van der Waals surface area contributed by atoms with Crippen molar-refractivity contribution in [3.63, 3.8) is 0 Å². The molecule has 158 valence electrons. The topological polar surface area (TPSA) is 78.4 Å². The van der Waals surface area contributed by atoms with Gasteiger partial charge in [0.2, 0.25) is 5.60 Å². The average molecular weight is 522 g/mol. The van der Waals surface area contributed by atoms with Gasteiger partial charge in [-0.3, -0.25) is 9.59 Å². The van der Waals surface area contributed by atoms with Gasteiger partial charge >= 0.3 is 6.18 Å². The molecule has 1 fully saturated rings. The van der Waals surface area contributed by atoms with E-state index in [0.717, 1.165) is 14.7 Å². The molecule has 1 unspecified atom stereocenters. The molecule has 1 aromatic carbocycles. The van der Waals surface area contributed by atoms with E-state index in [0.29, 0.717) is 44.6 Å². The molecule has 1 saturated carbocycles. The van der Waals surface area contributed by atoms with E-state index in [1.165, 1.54) is 0 Å². The molecule has 5 nitrogen and oxygen atoms in total. The fourth-order valence-electron chi connectivity index (χ4n) is 3.64. The van der Waals surface area contributed by atoms with Crippen molar-refractivity contribution in [2.45, 2.75) is 62.9 Å². The number of hydrogen-bond donors (Lipinski definition) is 3. The van der Waals surface area contributed by atoms with Crippen LogP contribution in [0.1, 0.15) is 54.1 Å². The molecule has 9 heteroatoms. The summed E-state index contributed by atoms with van der Waals surface area (Å²) in [6.45, 7) is 0.447. The largest absolute Gasteiger partial charge is 0.426 e. The Morgan fingerprint density at radius 1 is 1.10 bits per heavy atom. The molecule has 2 aliphatic carbocycles. The summed E-state index contributed by atoms with van der Waals surface area (Å²) in [5.74, 6) is -1.60. The highest BCUT2D eigenvalue weighted by atomic mass is 127. The van der Waals surface area contributed by atoms with E-state index < -0.39 is 23.7 Å². The number of amides is 2. The summed E-state index contributed by atoms with van der Waals surface area (Å²) in [7, 11) is 0. The molecule has 2 amide bonds. The van der Waals surface area contributed by atoms with Gasteiger partial charge in [0.15, 0.2) is 0 Å². The van der Waals surface area contributed by atoms with Crippen LogP contribution >= 0.6 is 22.6 Å². The molecule has 0 radical (unpaired) electrons. The molecular weight excluding hydrogens is 500 g/mol. The smallest absolute Gasteiger partial charge is 0.373 e. The predicted octanol–water partition coefficient (Wildman–Crippen LogP) is 3.33. The zero-order valence-electron chi connectivity index (χ0n) is 15.8. The minimum atomic E-state index is -5.04. The molecule has 0 saturated heterocycles. The van der Waals surface area contributed by atoms with Crippen molar-refractivity contribution >= 4 is 40.5 Å². The van der Waals surface area contributed by atoms with Crippen molar-refractivity contribution in [1.82, 2.24) is 10.6 Å². The molecule has 3 rings (SSSR count). The van der Waals surface area contributed by atoms with Crippen molar-refractivity contribution in [2.24, 2.45) is 0 Å². The van der Waals surface area contributed by atoms with Gasteiger partial charge in [-0.15, -0.1) is 0 Å². The second-order valence-corrected chi connectivity index (χ2v) is 8.94. The Bertz CT molecular complexity index is 844. The molecular formula is C20H22F3IN2O3. The molecule has 0 aliphatic heterocycles. The van der Waals surface area contributed by atoms with Crippen LogP contribution in [-0.4, -0.2) is 40.8 Å². The first-order valence-corrected chi connectivity index (χ1v) is 10.5. The van der Waals surface area contributed by atoms with Crippen molar-refractivity contribution in [2.75, 3.05) is 0 Å². The summed E-state index contributed by atoms with van der Waals surface area (Å²) in [4.78, 5) is 24.6. The summed E-state index contributed by atoms with van der Waals surface area (Å²) >= 11 is 2.17. The lowest BCUT2D eigenvalue weighted by Crippen LogP contribution is -2.57. The van der Waals surface area contributed by atoms with Gasteiger partial charge in [0, 0.05) is 21.2 Å². The highest BCUT2D eigenvalue weighted by Crippen LogP contribution is 2.31. The fourth-order valence-corrected chi connectivity index (χ4v) is 4.29. The number of aliphatic hydroxyl groups is 1. The molecule has 0 bridgehead atoms. The Hall–Kier alpha value is -1.62. The van der Waals surface area contributed by atoms with Crippen LogP contribution in [0.3, 0.4) is 0 Å². The number of fused-ring (bicyclic) bond motifs is 1. The number of nitrogens with one attached hydrogen (secondary N) is 2. The van der Waals surface area contributed by atoms with E-state index in [2.05, 4.69) is 33.2 Å². The minimum Gasteiger partial charge on any atom is -0.373 e. The van der Waals surface area contributed by atoms with E-state index in [4.69, 9.17) is 0 Å². The molecule has 0 heterocycles. The van der Waals surface area contributed by atoms with Crippen LogP contribution in [-0.2, 0) is 11.2 Å². The van der Waals surface area contributed by atoms with Gasteiger partial charge in [-0.2, -0.15) is 13.2 Å². The standard InChI is InChI=1S/C20H22F3IN2O3/c1-19(29,20(21,22)23)18(28)26-14-7-5-13(6-8-14)25-17(27)16-10-12(24)9-11-3-2-4-15(11)16/h2-3,9-10,13-14,29H,4-8H2,1H3,(H,25,27)(H,26,28). The Morgan fingerprint density at radius 2 is 1.69 bits per heavy atom. The minimum absolute atomic E-state index is 0.110. The monoisotopic (exact) mass is 522 g/mol. The number of halogens is 4. The van der Waals surface area contributed by atoms with E-state index in [1.54, 1.807) is 0 Å². The van der Waals surface area contributed by atoms with Crippen molar-refractivity contribution in [1.29, 1.82) is 0 Å².